The van der Waals surface area contributed by atoms with Crippen LogP contribution in [-0.4, -0.2) is 26.7 Å². The number of carbonyl (C=O) groups is 1. The van der Waals surface area contributed by atoms with Gasteiger partial charge in [0.15, 0.2) is 5.82 Å². The smallest absolute Gasteiger partial charge is 0.306 e. The Balaban J connectivity index is 1.96. The number of tetrazole rings is 1. The molecule has 2 amide bonds. The molecule has 0 radical (unpaired) electrons. The fourth-order valence-electron chi connectivity index (χ4n) is 2.44. The van der Waals surface area contributed by atoms with Gasteiger partial charge < -0.3 is 5.32 Å². The highest BCUT2D eigenvalue weighted by molar-refractivity contribution is 9.10. The number of halogens is 7. The second kappa shape index (κ2) is 8.37. The minimum absolute atomic E-state index is 0.0489. The van der Waals surface area contributed by atoms with Crippen LogP contribution in [0.2, 0.25) is 0 Å². The van der Waals surface area contributed by atoms with Crippen LogP contribution in [0.1, 0.15) is 11.1 Å². The van der Waals surface area contributed by atoms with E-state index >= 15 is 0 Å². The van der Waals surface area contributed by atoms with Crippen molar-refractivity contribution in [1.29, 1.82) is 0 Å². The Kier molecular flexibility index (Phi) is 6.18. The molecule has 15 heteroatoms. The summed E-state index contributed by atoms with van der Waals surface area (Å²) in [5.74, 6) is 0.153. The average Bonchev–Trinajstić information content (AvgIpc) is 3.21. The molecule has 7 nitrogen and oxygen atoms in total. The average molecular weight is 527 g/mol. The van der Waals surface area contributed by atoms with Crippen molar-refractivity contribution in [3.8, 4) is 11.4 Å². The number of carbonyl (C=O) groups excluding carboxylic acids is 1. The fraction of sp³-hybridized carbons (Fsp3) is 0.125. The molecule has 0 unspecified atom stereocenters. The van der Waals surface area contributed by atoms with Gasteiger partial charge in [-0.25, -0.2) is 14.2 Å². The van der Waals surface area contributed by atoms with E-state index in [1.165, 1.54) is 18.2 Å². The first kappa shape index (κ1) is 22.9. The monoisotopic (exact) mass is 526 g/mol. The lowest BCUT2D eigenvalue weighted by molar-refractivity contribution is -0.143. The maximum atomic E-state index is 13.1. The zero-order valence-corrected chi connectivity index (χ0v) is 17.2. The zero-order valence-electron chi connectivity index (χ0n) is 14.8. The molecule has 0 saturated heterocycles. The number of nitrogens with one attached hydrogen (secondary N) is 2. The molecule has 2 aromatic carbocycles. The van der Waals surface area contributed by atoms with Crippen LogP contribution in [0.25, 0.3) is 11.4 Å². The van der Waals surface area contributed by atoms with Crippen molar-refractivity contribution in [3.05, 3.63) is 52.0 Å². The molecule has 3 aromatic rings. The van der Waals surface area contributed by atoms with E-state index in [1.54, 1.807) is 0 Å². The van der Waals surface area contributed by atoms with Crippen molar-refractivity contribution in [2.75, 3.05) is 9.62 Å². The minimum Gasteiger partial charge on any atom is -0.306 e. The number of hydrogen-bond donors (Lipinski definition) is 3. The normalized spacial score (nSPS) is 12.0. The van der Waals surface area contributed by atoms with Gasteiger partial charge in [0.1, 0.15) is 0 Å². The molecular weight excluding hydrogens is 518 g/mol. The summed E-state index contributed by atoms with van der Waals surface area (Å²) >= 11 is 7.02. The number of benzene rings is 2. The van der Waals surface area contributed by atoms with E-state index in [9.17, 15) is 31.1 Å². The predicted octanol–water partition coefficient (Wildman–Crippen LogP) is 5.55. The number of aromatic nitrogens is 4. The SMILES string of the molecule is O=C(Nc1ccc(Br)cc1-c1nnn[nH]1)N(S)c1cc(C(F)(F)F)cc(C(F)(F)F)c1. The number of amides is 2. The molecule has 0 fully saturated rings. The van der Waals surface area contributed by atoms with E-state index in [4.69, 9.17) is 0 Å². The maximum absolute atomic E-state index is 13.1. The van der Waals surface area contributed by atoms with Crippen LogP contribution in [0.15, 0.2) is 40.9 Å². The molecule has 0 aliphatic rings. The number of aromatic amines is 1. The first-order valence-electron chi connectivity index (χ1n) is 7.99. The fourth-order valence-corrected chi connectivity index (χ4v) is 2.97. The van der Waals surface area contributed by atoms with E-state index in [0.29, 0.717) is 26.5 Å². The number of urea groups is 1. The number of H-pyrrole nitrogens is 1. The molecule has 164 valence electrons. The van der Waals surface area contributed by atoms with Gasteiger partial charge in [0.2, 0.25) is 0 Å². The summed E-state index contributed by atoms with van der Waals surface area (Å²) in [6.45, 7) is 0. The Bertz CT molecular complexity index is 1070. The largest absolute Gasteiger partial charge is 0.416 e. The van der Waals surface area contributed by atoms with Crippen LogP contribution in [0.3, 0.4) is 0 Å². The minimum atomic E-state index is -5.07. The van der Waals surface area contributed by atoms with Gasteiger partial charge in [-0.2, -0.15) is 26.3 Å². The van der Waals surface area contributed by atoms with Crippen LogP contribution < -0.4 is 9.62 Å². The van der Waals surface area contributed by atoms with E-state index in [0.717, 1.165) is 0 Å². The summed E-state index contributed by atoms with van der Waals surface area (Å²) < 4.78 is 79.3. The van der Waals surface area contributed by atoms with Crippen LogP contribution in [0.5, 0.6) is 0 Å². The Morgan fingerprint density at radius 3 is 2.16 bits per heavy atom. The predicted molar refractivity (Wildman–Crippen MR) is 104 cm³/mol. The number of thiol groups is 1. The first-order valence-corrected chi connectivity index (χ1v) is 9.18. The second-order valence-corrected chi connectivity index (χ2v) is 7.26. The second-order valence-electron chi connectivity index (χ2n) is 5.95. The van der Waals surface area contributed by atoms with Gasteiger partial charge in [-0.05, 0) is 46.8 Å². The van der Waals surface area contributed by atoms with Crippen LogP contribution >= 0.6 is 28.7 Å². The summed E-state index contributed by atoms with van der Waals surface area (Å²) in [7, 11) is 0. The Hall–Kier alpha value is -2.81. The molecule has 0 atom stereocenters. The summed E-state index contributed by atoms with van der Waals surface area (Å²) in [5.41, 5.74) is -3.48. The van der Waals surface area contributed by atoms with E-state index in [2.05, 4.69) is 54.7 Å². The lowest BCUT2D eigenvalue weighted by Gasteiger charge is -2.21. The molecule has 0 saturated carbocycles. The number of hydrogen-bond acceptors (Lipinski definition) is 5. The molecule has 31 heavy (non-hydrogen) atoms. The van der Waals surface area contributed by atoms with Crippen molar-refractivity contribution in [2.24, 2.45) is 0 Å². The van der Waals surface area contributed by atoms with E-state index < -0.39 is 35.2 Å². The highest BCUT2D eigenvalue weighted by atomic mass is 79.9. The van der Waals surface area contributed by atoms with Crippen molar-refractivity contribution in [3.63, 3.8) is 0 Å². The van der Waals surface area contributed by atoms with Gasteiger partial charge in [-0.15, -0.1) is 5.10 Å². The summed E-state index contributed by atoms with van der Waals surface area (Å²) in [6.07, 6.45) is -10.1. The molecule has 0 aliphatic heterocycles. The van der Waals surface area contributed by atoms with Gasteiger partial charge in [-0.1, -0.05) is 28.7 Å². The maximum Gasteiger partial charge on any atom is 0.416 e. The van der Waals surface area contributed by atoms with Crippen LogP contribution in [0.4, 0.5) is 42.5 Å². The lowest BCUT2D eigenvalue weighted by Crippen LogP contribution is -2.28. The Labute approximate surface area is 183 Å². The highest BCUT2D eigenvalue weighted by Gasteiger charge is 2.37. The quantitative estimate of drug-likeness (QED) is 0.308. The van der Waals surface area contributed by atoms with Gasteiger partial charge >= 0.3 is 18.4 Å². The van der Waals surface area contributed by atoms with Gasteiger partial charge in [0, 0.05) is 10.0 Å². The summed E-state index contributed by atoms with van der Waals surface area (Å²) in [5, 5.41) is 15.4. The zero-order chi connectivity index (χ0) is 23.0. The summed E-state index contributed by atoms with van der Waals surface area (Å²) in [6, 6.07) is 4.09. The Morgan fingerprint density at radius 2 is 1.65 bits per heavy atom. The standard InChI is InChI=1S/C16H9BrF6N6OS/c17-9-1-2-12(11(6-9)13-25-27-28-26-13)24-14(30)29(31)10-4-7(15(18,19)20)3-8(5-10)16(21,22)23/h1-6,31H,(H,24,30)(H,25,26,27,28). The number of alkyl halides is 6. The number of anilines is 2. The number of nitrogens with zero attached hydrogens (tertiary/aromatic N) is 4. The molecule has 0 spiro atoms. The van der Waals surface area contributed by atoms with E-state index in [1.807, 2.05) is 0 Å². The van der Waals surface area contributed by atoms with E-state index in [-0.39, 0.29) is 17.6 Å². The topological polar surface area (TPSA) is 86.8 Å². The van der Waals surface area contributed by atoms with Crippen molar-refractivity contribution in [1.82, 2.24) is 20.6 Å². The molecular formula is C16H9BrF6N6OS. The highest BCUT2D eigenvalue weighted by Crippen LogP contribution is 2.39. The van der Waals surface area contributed by atoms with Crippen LogP contribution in [-0.2, 0) is 12.4 Å². The van der Waals surface area contributed by atoms with Crippen LogP contribution in [0, 0.1) is 0 Å². The third kappa shape index (κ3) is 5.28. The molecule has 2 N–H and O–H groups in total. The summed E-state index contributed by atoms with van der Waals surface area (Å²) in [4.78, 5) is 12.5. The third-order valence-corrected chi connectivity index (χ3v) is 4.74. The third-order valence-electron chi connectivity index (χ3n) is 3.83. The first-order chi connectivity index (χ1) is 14.4. The molecule has 0 bridgehead atoms. The number of rotatable bonds is 3. The lowest BCUT2D eigenvalue weighted by atomic mass is 10.1. The molecule has 1 aromatic heterocycles. The van der Waals surface area contributed by atoms with Gasteiger partial charge in [-0.3, -0.25) is 0 Å². The molecule has 1 heterocycles. The molecule has 0 aliphatic carbocycles. The molecule has 3 rings (SSSR count). The van der Waals surface area contributed by atoms with Gasteiger partial charge in [0.25, 0.3) is 0 Å². The van der Waals surface area contributed by atoms with Crippen molar-refractivity contribution in [2.45, 2.75) is 12.4 Å². The van der Waals surface area contributed by atoms with Crippen molar-refractivity contribution >= 4 is 46.2 Å². The van der Waals surface area contributed by atoms with Gasteiger partial charge in [0.05, 0.1) is 22.5 Å². The Morgan fingerprint density at radius 1 is 1.03 bits per heavy atom. The van der Waals surface area contributed by atoms with Crippen molar-refractivity contribution < 1.29 is 31.1 Å².